The van der Waals surface area contributed by atoms with Gasteiger partial charge in [0.1, 0.15) is 0 Å². The van der Waals surface area contributed by atoms with E-state index in [-0.39, 0.29) is 11.7 Å². The Kier molecular flexibility index (Phi) is 4.61. The summed E-state index contributed by atoms with van der Waals surface area (Å²) in [7, 11) is 0. The topological polar surface area (TPSA) is 37.4 Å². The fraction of sp³-hybridized carbons (Fsp3) is 0.0435. The van der Waals surface area contributed by atoms with Crippen LogP contribution in [0.25, 0.3) is 5.57 Å². The molecule has 0 radical (unpaired) electrons. The number of amides is 1. The molecule has 1 aliphatic rings. The third kappa shape index (κ3) is 3.42. The highest BCUT2D eigenvalue weighted by molar-refractivity contribution is 6.36. The molecule has 1 aliphatic heterocycles. The van der Waals surface area contributed by atoms with E-state index in [1.165, 1.54) is 6.08 Å². The van der Waals surface area contributed by atoms with Crippen LogP contribution in [0, 0.1) is 0 Å². The van der Waals surface area contributed by atoms with Crippen LogP contribution in [0.3, 0.4) is 0 Å². The van der Waals surface area contributed by atoms with E-state index in [2.05, 4.69) is 0 Å². The summed E-state index contributed by atoms with van der Waals surface area (Å²) < 4.78 is 0. The number of carbonyl (C=O) groups excluding carboxylic acids is 2. The first-order chi connectivity index (χ1) is 13.1. The van der Waals surface area contributed by atoms with Gasteiger partial charge in [-0.2, -0.15) is 0 Å². The maximum atomic E-state index is 13.1. The second-order valence-corrected chi connectivity index (χ2v) is 6.76. The smallest absolute Gasteiger partial charge is 0.259 e. The molecule has 3 aromatic rings. The molecule has 4 rings (SSSR count). The number of halogens is 1. The Bertz CT molecular complexity index is 1040. The highest BCUT2D eigenvalue weighted by Crippen LogP contribution is 2.37. The van der Waals surface area contributed by atoms with Gasteiger partial charge in [0.25, 0.3) is 5.91 Å². The van der Waals surface area contributed by atoms with Gasteiger partial charge in [0.2, 0.25) is 0 Å². The number of fused-ring (bicyclic) bond motifs is 1. The predicted molar refractivity (Wildman–Crippen MR) is 108 cm³/mol. The lowest BCUT2D eigenvalue weighted by molar-refractivity contribution is -0.113. The molecule has 0 atom stereocenters. The zero-order valence-corrected chi connectivity index (χ0v) is 15.2. The van der Waals surface area contributed by atoms with Gasteiger partial charge in [-0.1, -0.05) is 60.1 Å². The van der Waals surface area contributed by atoms with Crippen molar-refractivity contribution in [3.8, 4) is 0 Å². The second kappa shape index (κ2) is 7.22. The lowest BCUT2D eigenvalue weighted by Crippen LogP contribution is -2.25. The molecule has 0 N–H and O–H groups in total. The average molecular weight is 374 g/mol. The Morgan fingerprint density at radius 3 is 2.30 bits per heavy atom. The zero-order valence-electron chi connectivity index (χ0n) is 14.4. The Morgan fingerprint density at radius 2 is 1.56 bits per heavy atom. The number of nitrogens with zero attached hydrogens (tertiary/aromatic N) is 1. The van der Waals surface area contributed by atoms with Crippen molar-refractivity contribution in [1.82, 2.24) is 0 Å². The largest absolute Gasteiger partial charge is 0.303 e. The molecule has 3 nitrogen and oxygen atoms in total. The number of para-hydroxylation sites is 1. The summed E-state index contributed by atoms with van der Waals surface area (Å²) in [5, 5.41) is 0.565. The van der Waals surface area contributed by atoms with Gasteiger partial charge in [-0.05, 0) is 42.0 Å². The van der Waals surface area contributed by atoms with Gasteiger partial charge in [-0.15, -0.1) is 0 Å². The quantitative estimate of drug-likeness (QED) is 0.468. The van der Waals surface area contributed by atoms with E-state index >= 15 is 0 Å². The number of allylic oxidation sites excluding steroid dienone is 1. The van der Waals surface area contributed by atoms with Crippen LogP contribution in [-0.4, -0.2) is 11.7 Å². The average Bonchev–Trinajstić information content (AvgIpc) is 2.95. The summed E-state index contributed by atoms with van der Waals surface area (Å²) in [4.78, 5) is 27.4. The van der Waals surface area contributed by atoms with Crippen LogP contribution < -0.4 is 4.90 Å². The zero-order chi connectivity index (χ0) is 18.8. The molecule has 0 aromatic heterocycles. The van der Waals surface area contributed by atoms with Gasteiger partial charge < -0.3 is 4.90 Å². The standard InChI is InChI=1S/C23H16ClNO2/c24-18-12-10-17(11-13-18)22(26)14-20-19-8-4-5-9-21(19)25(23(20)27)15-16-6-2-1-3-7-16/h1-14H,15H2. The van der Waals surface area contributed by atoms with Gasteiger partial charge in [-0.3, -0.25) is 9.59 Å². The van der Waals surface area contributed by atoms with Crippen LogP contribution in [0.5, 0.6) is 0 Å². The lowest BCUT2D eigenvalue weighted by Gasteiger charge is -2.17. The van der Waals surface area contributed by atoms with E-state index in [1.807, 2.05) is 54.6 Å². The first kappa shape index (κ1) is 17.3. The highest BCUT2D eigenvalue weighted by atomic mass is 35.5. The van der Waals surface area contributed by atoms with Crippen LogP contribution >= 0.6 is 11.6 Å². The molecule has 132 valence electrons. The van der Waals surface area contributed by atoms with Gasteiger partial charge in [-0.25, -0.2) is 0 Å². The molecule has 4 heteroatoms. The fourth-order valence-electron chi connectivity index (χ4n) is 3.20. The number of hydrogen-bond acceptors (Lipinski definition) is 2. The Labute approximate surface area is 162 Å². The van der Waals surface area contributed by atoms with Crippen LogP contribution in [-0.2, 0) is 11.3 Å². The van der Waals surface area contributed by atoms with Crippen molar-refractivity contribution in [2.75, 3.05) is 4.90 Å². The van der Waals surface area contributed by atoms with E-state index in [9.17, 15) is 9.59 Å². The third-order valence-electron chi connectivity index (χ3n) is 4.55. The van der Waals surface area contributed by atoms with Crippen molar-refractivity contribution in [2.45, 2.75) is 6.54 Å². The molecule has 0 aliphatic carbocycles. The number of benzene rings is 3. The van der Waals surface area contributed by atoms with Crippen molar-refractivity contribution in [1.29, 1.82) is 0 Å². The van der Waals surface area contributed by atoms with Crippen LogP contribution in [0.1, 0.15) is 21.5 Å². The molecule has 0 saturated carbocycles. The summed E-state index contributed by atoms with van der Waals surface area (Å²) in [6.07, 6.45) is 1.43. The normalized spacial score (nSPS) is 14.5. The van der Waals surface area contributed by atoms with Gasteiger partial charge in [0.15, 0.2) is 5.78 Å². The summed E-state index contributed by atoms with van der Waals surface area (Å²) in [5.74, 6) is -0.381. The van der Waals surface area contributed by atoms with Crippen molar-refractivity contribution >= 4 is 34.6 Å². The summed E-state index contributed by atoms with van der Waals surface area (Å²) in [5.41, 5.74) is 3.55. The van der Waals surface area contributed by atoms with E-state index < -0.39 is 0 Å². The van der Waals surface area contributed by atoms with E-state index in [0.717, 1.165) is 16.8 Å². The van der Waals surface area contributed by atoms with Gasteiger partial charge in [0, 0.05) is 16.1 Å². The molecule has 0 bridgehead atoms. The minimum Gasteiger partial charge on any atom is -0.303 e. The maximum Gasteiger partial charge on any atom is 0.259 e. The Morgan fingerprint density at radius 1 is 0.889 bits per heavy atom. The van der Waals surface area contributed by atoms with Crippen molar-refractivity contribution in [3.05, 3.63) is 107 Å². The minimum absolute atomic E-state index is 0.164. The number of hydrogen-bond donors (Lipinski definition) is 0. The van der Waals surface area contributed by atoms with Crippen molar-refractivity contribution in [2.24, 2.45) is 0 Å². The Balaban J connectivity index is 1.70. The summed E-state index contributed by atoms with van der Waals surface area (Å²) in [6, 6.07) is 24.0. The molecule has 3 aromatic carbocycles. The van der Waals surface area contributed by atoms with E-state index in [4.69, 9.17) is 11.6 Å². The first-order valence-corrected chi connectivity index (χ1v) is 8.98. The van der Waals surface area contributed by atoms with Crippen LogP contribution in [0.15, 0.2) is 84.9 Å². The third-order valence-corrected chi connectivity index (χ3v) is 4.80. The fourth-order valence-corrected chi connectivity index (χ4v) is 3.32. The molecule has 1 heterocycles. The first-order valence-electron chi connectivity index (χ1n) is 8.60. The number of anilines is 1. The summed E-state index contributed by atoms with van der Waals surface area (Å²) >= 11 is 5.89. The molecule has 0 saturated heterocycles. The minimum atomic E-state index is -0.216. The summed E-state index contributed by atoms with van der Waals surface area (Å²) in [6.45, 7) is 0.461. The molecule has 1 amide bonds. The number of carbonyl (C=O) groups is 2. The van der Waals surface area contributed by atoms with Crippen molar-refractivity contribution in [3.63, 3.8) is 0 Å². The second-order valence-electron chi connectivity index (χ2n) is 6.32. The molecular formula is C23H16ClNO2. The maximum absolute atomic E-state index is 13.1. The van der Waals surface area contributed by atoms with E-state index in [1.54, 1.807) is 29.2 Å². The number of ketones is 1. The monoisotopic (exact) mass is 373 g/mol. The van der Waals surface area contributed by atoms with Crippen molar-refractivity contribution < 1.29 is 9.59 Å². The molecule has 27 heavy (non-hydrogen) atoms. The predicted octanol–water partition coefficient (Wildman–Crippen LogP) is 5.15. The molecule has 0 fully saturated rings. The van der Waals surface area contributed by atoms with Gasteiger partial charge >= 0.3 is 0 Å². The lowest BCUT2D eigenvalue weighted by atomic mass is 10.0. The molecular weight excluding hydrogens is 358 g/mol. The van der Waals surface area contributed by atoms with Crippen LogP contribution in [0.4, 0.5) is 5.69 Å². The van der Waals surface area contributed by atoms with Gasteiger partial charge in [0.05, 0.1) is 17.8 Å². The van der Waals surface area contributed by atoms with E-state index in [0.29, 0.717) is 22.7 Å². The molecule has 0 unspecified atom stereocenters. The molecule has 0 spiro atoms. The Hall–Kier alpha value is -3.17. The van der Waals surface area contributed by atoms with Crippen LogP contribution in [0.2, 0.25) is 5.02 Å². The number of rotatable bonds is 4. The SMILES string of the molecule is O=C(C=C1C(=O)N(Cc2ccccc2)c2ccccc21)c1ccc(Cl)cc1. The highest BCUT2D eigenvalue weighted by Gasteiger charge is 2.32.